The molecule has 0 bridgehead atoms. The molecule has 0 aromatic heterocycles. The minimum absolute atomic E-state index is 0. The van der Waals surface area contributed by atoms with Crippen LogP contribution in [0.4, 0.5) is 0 Å². The van der Waals surface area contributed by atoms with Gasteiger partial charge in [0.05, 0.1) is 12.7 Å². The van der Waals surface area contributed by atoms with Gasteiger partial charge in [-0.15, -0.1) is 0 Å². The second-order valence-electron chi connectivity index (χ2n) is 6.01. The first-order chi connectivity index (χ1) is 13.0. The van der Waals surface area contributed by atoms with Crippen molar-refractivity contribution in [2.45, 2.75) is 25.9 Å². The molecule has 7 nitrogen and oxygen atoms in total. The van der Waals surface area contributed by atoms with E-state index in [2.05, 4.69) is 0 Å². The monoisotopic (exact) mass is 396 g/mol. The maximum atomic E-state index is 11.8. The van der Waals surface area contributed by atoms with Gasteiger partial charge in [-0.2, -0.15) is 0 Å². The predicted molar refractivity (Wildman–Crippen MR) is 96.5 cm³/mol. The van der Waals surface area contributed by atoms with Crippen LogP contribution in [0.15, 0.2) is 36.4 Å². The van der Waals surface area contributed by atoms with E-state index in [1.807, 2.05) is 6.92 Å². The van der Waals surface area contributed by atoms with E-state index >= 15 is 0 Å². The number of carbonyl (C=O) groups is 2. The van der Waals surface area contributed by atoms with Crippen LogP contribution in [0.5, 0.6) is 17.2 Å². The van der Waals surface area contributed by atoms with Crippen molar-refractivity contribution in [2.24, 2.45) is 0 Å². The SMILES string of the molecule is CCCc1cc(C(=O)OC)ccc1OC(C(=O)O)c1ccc2c(c1)OCO2.[H-].[Na+]. The molecule has 144 valence electrons. The van der Waals surface area contributed by atoms with Gasteiger partial charge < -0.3 is 25.5 Å². The van der Waals surface area contributed by atoms with Crippen LogP contribution in [-0.4, -0.2) is 30.9 Å². The second-order valence-corrected chi connectivity index (χ2v) is 6.01. The standard InChI is InChI=1S/C20H20O7.Na.H/c1-3-4-12-9-14(20(23)24-2)6-7-15(12)27-18(19(21)22)13-5-8-16-17(10-13)26-11-25-16;;/h5-10,18H,3-4,11H2,1-2H3,(H,21,22);;/q;+1;-1. The Morgan fingerprint density at radius 3 is 2.61 bits per heavy atom. The molecular weight excluding hydrogens is 375 g/mol. The normalized spacial score (nSPS) is 12.6. The van der Waals surface area contributed by atoms with Crippen LogP contribution in [0.1, 0.15) is 42.4 Å². The van der Waals surface area contributed by atoms with Gasteiger partial charge in [0.2, 0.25) is 12.9 Å². The number of fused-ring (bicyclic) bond motifs is 1. The summed E-state index contributed by atoms with van der Waals surface area (Å²) in [5.74, 6) is -0.124. The average Bonchev–Trinajstić information content (AvgIpc) is 3.14. The summed E-state index contributed by atoms with van der Waals surface area (Å²) >= 11 is 0. The van der Waals surface area contributed by atoms with Gasteiger partial charge in [-0.1, -0.05) is 19.4 Å². The Labute approximate surface area is 186 Å². The van der Waals surface area contributed by atoms with Crippen molar-refractivity contribution in [3.63, 3.8) is 0 Å². The third-order valence-corrected chi connectivity index (χ3v) is 4.17. The van der Waals surface area contributed by atoms with Crippen molar-refractivity contribution in [1.29, 1.82) is 0 Å². The van der Waals surface area contributed by atoms with E-state index in [4.69, 9.17) is 18.9 Å². The summed E-state index contributed by atoms with van der Waals surface area (Å²) < 4.78 is 21.1. The molecule has 28 heavy (non-hydrogen) atoms. The molecule has 2 aromatic carbocycles. The first-order valence-corrected chi connectivity index (χ1v) is 8.53. The van der Waals surface area contributed by atoms with E-state index < -0.39 is 18.0 Å². The minimum atomic E-state index is -1.22. The number of methoxy groups -OCH3 is 1. The molecule has 0 spiro atoms. The second kappa shape index (κ2) is 9.82. The molecular formula is C20H21NaO7. The Balaban J connectivity index is 0.00000210. The zero-order valence-corrected chi connectivity index (χ0v) is 18.1. The smallest absolute Gasteiger partial charge is 1.00 e. The van der Waals surface area contributed by atoms with Crippen molar-refractivity contribution < 1.29 is 64.6 Å². The maximum absolute atomic E-state index is 11.8. The first-order valence-electron chi connectivity index (χ1n) is 8.53. The number of rotatable bonds is 7. The van der Waals surface area contributed by atoms with Crippen LogP contribution >= 0.6 is 0 Å². The molecule has 0 saturated heterocycles. The van der Waals surface area contributed by atoms with Crippen LogP contribution in [0.25, 0.3) is 0 Å². The Morgan fingerprint density at radius 1 is 1.18 bits per heavy atom. The molecule has 0 amide bonds. The van der Waals surface area contributed by atoms with Crippen LogP contribution < -0.4 is 43.8 Å². The largest absolute Gasteiger partial charge is 1.00 e. The summed E-state index contributed by atoms with van der Waals surface area (Å²) in [6.45, 7) is 2.09. The summed E-state index contributed by atoms with van der Waals surface area (Å²) in [6, 6.07) is 9.71. The van der Waals surface area contributed by atoms with Crippen molar-refractivity contribution in [3.05, 3.63) is 53.1 Å². The fourth-order valence-electron chi connectivity index (χ4n) is 2.87. The number of carbonyl (C=O) groups excluding carboxylic acids is 1. The van der Waals surface area contributed by atoms with E-state index in [0.29, 0.717) is 34.8 Å². The summed E-state index contributed by atoms with van der Waals surface area (Å²) in [5, 5.41) is 9.67. The van der Waals surface area contributed by atoms with Gasteiger partial charge in [0.25, 0.3) is 0 Å². The Kier molecular flexibility index (Phi) is 7.74. The van der Waals surface area contributed by atoms with Gasteiger partial charge in [0.15, 0.2) is 11.5 Å². The Bertz CT molecular complexity index is 872. The topological polar surface area (TPSA) is 91.3 Å². The van der Waals surface area contributed by atoms with Gasteiger partial charge in [0.1, 0.15) is 5.75 Å². The van der Waals surface area contributed by atoms with Crippen LogP contribution in [0, 0.1) is 0 Å². The number of hydrogen-bond donors (Lipinski definition) is 1. The molecule has 2 aromatic rings. The number of aliphatic carboxylic acids is 1. The van der Waals surface area contributed by atoms with Gasteiger partial charge in [-0.3, -0.25) is 0 Å². The third kappa shape index (κ3) is 4.79. The molecule has 0 fully saturated rings. The number of benzene rings is 2. The molecule has 1 N–H and O–H groups in total. The molecule has 1 heterocycles. The maximum Gasteiger partial charge on any atom is 1.00 e. The zero-order valence-electron chi connectivity index (χ0n) is 17.1. The van der Waals surface area contributed by atoms with E-state index in [-0.39, 0.29) is 37.8 Å². The van der Waals surface area contributed by atoms with E-state index in [1.54, 1.807) is 36.4 Å². The average molecular weight is 396 g/mol. The van der Waals surface area contributed by atoms with Gasteiger partial charge in [0, 0.05) is 5.56 Å². The van der Waals surface area contributed by atoms with Crippen LogP contribution in [0.2, 0.25) is 0 Å². The van der Waals surface area contributed by atoms with Crippen molar-refractivity contribution in [1.82, 2.24) is 0 Å². The van der Waals surface area contributed by atoms with Crippen molar-refractivity contribution >= 4 is 11.9 Å². The van der Waals surface area contributed by atoms with E-state index in [9.17, 15) is 14.7 Å². The number of esters is 1. The number of carboxylic acid groups (broad SMARTS) is 1. The molecule has 1 unspecified atom stereocenters. The van der Waals surface area contributed by atoms with E-state index in [0.717, 1.165) is 12.0 Å². The van der Waals surface area contributed by atoms with Gasteiger partial charge in [-0.25, -0.2) is 9.59 Å². The number of carboxylic acids is 1. The fourth-order valence-corrected chi connectivity index (χ4v) is 2.87. The molecule has 3 rings (SSSR count). The van der Waals surface area contributed by atoms with Gasteiger partial charge >= 0.3 is 41.5 Å². The Hall–Kier alpha value is -2.22. The molecule has 1 aliphatic rings. The minimum Gasteiger partial charge on any atom is -1.00 e. The molecule has 0 radical (unpaired) electrons. The van der Waals surface area contributed by atoms with Crippen molar-refractivity contribution in [2.75, 3.05) is 13.9 Å². The number of aryl methyl sites for hydroxylation is 1. The summed E-state index contributed by atoms with van der Waals surface area (Å²) in [6.07, 6.45) is 0.218. The van der Waals surface area contributed by atoms with Gasteiger partial charge in [-0.05, 0) is 42.3 Å². The number of ether oxygens (including phenoxy) is 4. The van der Waals surface area contributed by atoms with E-state index in [1.165, 1.54) is 7.11 Å². The molecule has 1 atom stereocenters. The molecule has 0 aliphatic carbocycles. The molecule has 0 saturated carbocycles. The first kappa shape index (κ1) is 22.1. The quantitative estimate of drug-likeness (QED) is 0.538. The summed E-state index contributed by atoms with van der Waals surface area (Å²) in [5.41, 5.74) is 1.57. The fraction of sp³-hybridized carbons (Fsp3) is 0.300. The molecule has 8 heteroatoms. The van der Waals surface area contributed by atoms with Crippen LogP contribution in [-0.2, 0) is 16.0 Å². The Morgan fingerprint density at radius 2 is 1.93 bits per heavy atom. The third-order valence-electron chi connectivity index (χ3n) is 4.17. The molecule has 1 aliphatic heterocycles. The summed E-state index contributed by atoms with van der Waals surface area (Å²) in [4.78, 5) is 23.6. The van der Waals surface area contributed by atoms with Crippen molar-refractivity contribution in [3.8, 4) is 17.2 Å². The summed E-state index contributed by atoms with van der Waals surface area (Å²) in [7, 11) is 1.31. The van der Waals surface area contributed by atoms with Crippen LogP contribution in [0.3, 0.4) is 0 Å². The predicted octanol–water partition coefficient (Wildman–Crippen LogP) is 0.476. The number of hydrogen-bond acceptors (Lipinski definition) is 6. The zero-order chi connectivity index (χ0) is 19.4.